The molecule has 50 heavy (non-hydrogen) atoms. The third-order valence-electron chi connectivity index (χ3n) is 10.8. The molecule has 9 nitrogen and oxygen atoms in total. The molecule has 0 aliphatic carbocycles. The lowest BCUT2D eigenvalue weighted by Crippen LogP contribution is -2.50. The predicted octanol–water partition coefficient (Wildman–Crippen LogP) is 7.90. The summed E-state index contributed by atoms with van der Waals surface area (Å²) in [5.74, 6) is -0.603. The van der Waals surface area contributed by atoms with E-state index in [4.69, 9.17) is 36.5 Å². The van der Waals surface area contributed by atoms with Crippen LogP contribution in [0.3, 0.4) is 0 Å². The molecule has 264 valence electrons. The summed E-state index contributed by atoms with van der Waals surface area (Å²) >= 11 is 7.97. The second kappa shape index (κ2) is 12.8. The Kier molecular flexibility index (Phi) is 8.61. The average Bonchev–Trinajstić information content (AvgIpc) is 3.73. The Bertz CT molecular complexity index is 2040. The van der Waals surface area contributed by atoms with Crippen LogP contribution in [0.15, 0.2) is 12.1 Å². The van der Waals surface area contributed by atoms with Gasteiger partial charge in [-0.1, -0.05) is 24.6 Å². The number of rotatable bonds is 7. The first-order chi connectivity index (χ1) is 24.1. The van der Waals surface area contributed by atoms with E-state index < -0.39 is 24.3 Å². The molecule has 4 aliphatic rings. The van der Waals surface area contributed by atoms with Crippen LogP contribution in [0.5, 0.6) is 11.8 Å². The second-order valence-electron chi connectivity index (χ2n) is 13.9. The molecule has 3 fully saturated rings. The highest BCUT2D eigenvalue weighted by Crippen LogP contribution is 2.52. The number of ether oxygens (including phenoxy) is 3. The SMILES string of the molecule is C[C@H]1CN2CCCC2(COc2nc3c4c(c(Cl)c(-c5ccc(F)c6sc(N)c(C#N)c56)c(F)c4n2)OCCC2CCCC(COC(F)F)N32)C1. The predicted molar refractivity (Wildman–Crippen MR) is 183 cm³/mol. The van der Waals surface area contributed by atoms with E-state index in [2.05, 4.69) is 16.8 Å². The normalized spacial score (nSPS) is 25.0. The van der Waals surface area contributed by atoms with E-state index in [1.165, 1.54) is 12.1 Å². The van der Waals surface area contributed by atoms with Crippen molar-refractivity contribution in [3.63, 3.8) is 0 Å². The molecule has 6 heterocycles. The highest BCUT2D eigenvalue weighted by atomic mass is 35.5. The molecule has 0 saturated carbocycles. The summed E-state index contributed by atoms with van der Waals surface area (Å²) in [5, 5.41) is 10.3. The van der Waals surface area contributed by atoms with E-state index in [-0.39, 0.29) is 90.1 Å². The Hall–Kier alpha value is -3.64. The van der Waals surface area contributed by atoms with Gasteiger partial charge < -0.3 is 24.8 Å². The molecule has 4 atom stereocenters. The van der Waals surface area contributed by atoms with Crippen molar-refractivity contribution in [1.29, 1.82) is 5.26 Å². The number of halogens is 5. The van der Waals surface area contributed by atoms with Gasteiger partial charge in [-0.2, -0.15) is 24.0 Å². The number of hydrogen-bond acceptors (Lipinski definition) is 10. The third-order valence-corrected chi connectivity index (χ3v) is 12.2. The van der Waals surface area contributed by atoms with Gasteiger partial charge in [0.15, 0.2) is 11.6 Å². The molecule has 3 saturated heterocycles. The van der Waals surface area contributed by atoms with Gasteiger partial charge in [0, 0.05) is 30.0 Å². The van der Waals surface area contributed by atoms with Crippen LogP contribution in [0, 0.1) is 28.9 Å². The van der Waals surface area contributed by atoms with Crippen molar-refractivity contribution >= 4 is 54.7 Å². The Morgan fingerprint density at radius 1 is 1.20 bits per heavy atom. The maximum Gasteiger partial charge on any atom is 0.345 e. The first kappa shape index (κ1) is 33.5. The number of thiophene rings is 1. The number of benzene rings is 2. The lowest BCUT2D eigenvalue weighted by Gasteiger charge is -2.44. The zero-order chi connectivity index (χ0) is 34.9. The van der Waals surface area contributed by atoms with E-state index >= 15 is 8.78 Å². The molecule has 4 aromatic rings. The summed E-state index contributed by atoms with van der Waals surface area (Å²) in [7, 11) is 0. The maximum atomic E-state index is 17.4. The highest BCUT2D eigenvalue weighted by molar-refractivity contribution is 7.23. The summed E-state index contributed by atoms with van der Waals surface area (Å²) in [5.41, 5.74) is 5.80. The highest BCUT2D eigenvalue weighted by Gasteiger charge is 2.48. The molecule has 4 aliphatic heterocycles. The minimum Gasteiger partial charge on any atom is -0.491 e. The van der Waals surface area contributed by atoms with Crippen LogP contribution in [0.2, 0.25) is 5.02 Å². The van der Waals surface area contributed by atoms with Gasteiger partial charge in [0.25, 0.3) is 0 Å². The lowest BCUT2D eigenvalue weighted by atomic mass is 9.91. The molecule has 0 amide bonds. The molecule has 0 bridgehead atoms. The van der Waals surface area contributed by atoms with Gasteiger partial charge in [-0.05, 0) is 62.6 Å². The molecule has 0 spiro atoms. The number of fused-ring (bicyclic) bond motifs is 4. The number of aromatic nitrogens is 2. The number of anilines is 2. The number of nitriles is 1. The fourth-order valence-corrected chi connectivity index (χ4v) is 10.1. The summed E-state index contributed by atoms with van der Waals surface area (Å²) in [6.07, 6.45) is 5.52. The largest absolute Gasteiger partial charge is 0.491 e. The molecule has 3 unspecified atom stereocenters. The van der Waals surface area contributed by atoms with Crippen molar-refractivity contribution in [2.24, 2.45) is 5.92 Å². The minimum atomic E-state index is -2.96. The summed E-state index contributed by atoms with van der Waals surface area (Å²) in [6.45, 7) is 1.42. The van der Waals surface area contributed by atoms with Crippen LogP contribution in [0.1, 0.15) is 57.4 Å². The van der Waals surface area contributed by atoms with Crippen molar-refractivity contribution in [3.8, 4) is 29.0 Å². The Balaban J connectivity index is 1.36. The van der Waals surface area contributed by atoms with Crippen molar-refractivity contribution < 1.29 is 31.8 Å². The fraction of sp³-hybridized carbons (Fsp3) is 0.514. The summed E-state index contributed by atoms with van der Waals surface area (Å²) in [4.78, 5) is 13.9. The van der Waals surface area contributed by atoms with Crippen LogP contribution in [0.25, 0.3) is 32.1 Å². The average molecular weight is 731 g/mol. The zero-order valence-corrected chi connectivity index (χ0v) is 28.9. The molecular weight excluding hydrogens is 696 g/mol. The van der Waals surface area contributed by atoms with Crippen LogP contribution in [0.4, 0.5) is 28.4 Å². The molecule has 2 aromatic carbocycles. The van der Waals surface area contributed by atoms with E-state index in [0.29, 0.717) is 25.4 Å². The van der Waals surface area contributed by atoms with Crippen LogP contribution >= 0.6 is 22.9 Å². The lowest BCUT2D eigenvalue weighted by molar-refractivity contribution is -0.133. The topological polar surface area (TPSA) is 110 Å². The zero-order valence-electron chi connectivity index (χ0n) is 27.3. The second-order valence-corrected chi connectivity index (χ2v) is 15.3. The summed E-state index contributed by atoms with van der Waals surface area (Å²) < 4.78 is 76.8. The monoisotopic (exact) mass is 730 g/mol. The number of nitrogens with zero attached hydrogens (tertiary/aromatic N) is 5. The van der Waals surface area contributed by atoms with E-state index in [9.17, 15) is 14.0 Å². The van der Waals surface area contributed by atoms with Gasteiger partial charge in [0.2, 0.25) is 0 Å². The van der Waals surface area contributed by atoms with Gasteiger partial charge in [0.1, 0.15) is 34.8 Å². The molecular formula is C35H35ClF4N6O3S. The van der Waals surface area contributed by atoms with E-state index in [1.807, 2.05) is 11.0 Å². The molecule has 0 radical (unpaired) electrons. The van der Waals surface area contributed by atoms with Gasteiger partial charge >= 0.3 is 12.6 Å². The van der Waals surface area contributed by atoms with Crippen molar-refractivity contribution in [2.45, 2.75) is 76.1 Å². The number of nitrogen functional groups attached to an aromatic ring is 1. The van der Waals surface area contributed by atoms with Crippen molar-refractivity contribution in [1.82, 2.24) is 14.9 Å². The quantitative estimate of drug-likeness (QED) is 0.190. The molecule has 2 aromatic heterocycles. The van der Waals surface area contributed by atoms with E-state index in [0.717, 1.165) is 56.5 Å². The van der Waals surface area contributed by atoms with Gasteiger partial charge in [0.05, 0.1) is 45.5 Å². The molecule has 8 rings (SSSR count). The van der Waals surface area contributed by atoms with Crippen LogP contribution in [-0.4, -0.2) is 72.0 Å². The standard InChI is InChI=1S/C35H35ClF4N6O3S/c1-17-12-35(9-3-10-45(35)14-17)16-49-34-43-28-25-29(47-11-8-18-4-2-5-19(15-48-33(39)40)46(18)32(25)44-34)26(36)24(27(28)38)20-6-7-22(37)30-23(20)21(13-41)31(42)50-30/h6-7,17-19,33H,2-5,8-12,14-16,42H2,1H3/t17-,18?,19?,35?/m1/s1. The summed E-state index contributed by atoms with van der Waals surface area (Å²) in [6, 6.07) is 3.85. The number of hydrogen-bond donors (Lipinski definition) is 1. The van der Waals surface area contributed by atoms with Gasteiger partial charge in [-0.25, -0.2) is 8.78 Å². The number of piperidine rings is 1. The van der Waals surface area contributed by atoms with Crippen LogP contribution < -0.4 is 20.1 Å². The Morgan fingerprint density at radius 3 is 2.84 bits per heavy atom. The first-order valence-electron chi connectivity index (χ1n) is 16.9. The first-order valence-corrected chi connectivity index (χ1v) is 18.1. The number of nitrogens with two attached hydrogens (primary N) is 1. The van der Waals surface area contributed by atoms with Gasteiger partial charge in [-0.15, -0.1) is 11.3 Å². The van der Waals surface area contributed by atoms with E-state index in [1.54, 1.807) is 0 Å². The third kappa shape index (κ3) is 5.39. The number of alkyl halides is 2. The Labute approximate surface area is 294 Å². The van der Waals surface area contributed by atoms with Crippen molar-refractivity contribution in [3.05, 3.63) is 34.4 Å². The smallest absolute Gasteiger partial charge is 0.345 e. The van der Waals surface area contributed by atoms with Crippen molar-refractivity contribution in [2.75, 3.05) is 43.5 Å². The molecule has 2 N–H and O–H groups in total. The minimum absolute atomic E-state index is 0.00948. The van der Waals surface area contributed by atoms with Gasteiger partial charge in [-0.3, -0.25) is 4.90 Å². The van der Waals surface area contributed by atoms with Crippen LogP contribution in [-0.2, 0) is 4.74 Å². The fourth-order valence-electron chi connectivity index (χ4n) is 8.83. The Morgan fingerprint density at radius 2 is 2.04 bits per heavy atom. The maximum absolute atomic E-state index is 17.4. The molecule has 15 heteroatoms.